The number of halogens is 1. The van der Waals surface area contributed by atoms with Gasteiger partial charge in [0.15, 0.2) is 6.61 Å². The Balaban J connectivity index is 1.56. The number of hydrogen-bond acceptors (Lipinski definition) is 3. The number of rotatable bonds is 4. The van der Waals surface area contributed by atoms with Gasteiger partial charge in [-0.15, -0.1) is 0 Å². The number of ether oxygens (including phenoxy) is 1. The Labute approximate surface area is 142 Å². The standard InChI is InChI=1S/C18H25ClN2O2/c1-11-15(19)6-3-7-16(11)23-10-17(22)21-18-12-4-2-5-13(18)9-14(20)8-12/h3,6-7,12-14,18H,2,4-5,8-10,20H2,1H3,(H,21,22). The Bertz CT molecular complexity index is 564. The number of carbonyl (C=O) groups is 1. The third-order valence-electron chi connectivity index (χ3n) is 5.28. The van der Waals surface area contributed by atoms with Crippen molar-refractivity contribution in [3.8, 4) is 5.75 Å². The van der Waals surface area contributed by atoms with E-state index in [-0.39, 0.29) is 18.6 Å². The van der Waals surface area contributed by atoms with E-state index in [9.17, 15) is 4.79 Å². The normalized spacial score (nSPS) is 29.9. The zero-order valence-electron chi connectivity index (χ0n) is 13.6. The minimum atomic E-state index is -0.0539. The Morgan fingerprint density at radius 2 is 2.04 bits per heavy atom. The molecule has 2 saturated carbocycles. The van der Waals surface area contributed by atoms with Gasteiger partial charge in [-0.1, -0.05) is 24.1 Å². The van der Waals surface area contributed by atoms with Gasteiger partial charge in [0.25, 0.3) is 5.91 Å². The molecule has 1 amide bonds. The Kier molecular flexibility index (Phi) is 5.12. The van der Waals surface area contributed by atoms with Crippen molar-refractivity contribution in [2.24, 2.45) is 17.6 Å². The average Bonchev–Trinajstić information content (AvgIpc) is 2.50. The van der Waals surface area contributed by atoms with Crippen molar-refractivity contribution < 1.29 is 9.53 Å². The van der Waals surface area contributed by atoms with Crippen LogP contribution >= 0.6 is 11.6 Å². The highest BCUT2D eigenvalue weighted by Gasteiger charge is 2.39. The minimum Gasteiger partial charge on any atom is -0.483 e. The van der Waals surface area contributed by atoms with Gasteiger partial charge in [0.05, 0.1) is 0 Å². The van der Waals surface area contributed by atoms with Crippen LogP contribution in [0.15, 0.2) is 18.2 Å². The largest absolute Gasteiger partial charge is 0.483 e. The first-order valence-electron chi connectivity index (χ1n) is 8.47. The lowest BCUT2D eigenvalue weighted by molar-refractivity contribution is -0.125. The molecule has 4 nitrogen and oxygen atoms in total. The van der Waals surface area contributed by atoms with Crippen LogP contribution in [0.4, 0.5) is 0 Å². The summed E-state index contributed by atoms with van der Waals surface area (Å²) in [4.78, 5) is 12.3. The molecule has 2 bridgehead atoms. The zero-order chi connectivity index (χ0) is 16.4. The third-order valence-corrected chi connectivity index (χ3v) is 5.69. The summed E-state index contributed by atoms with van der Waals surface area (Å²) in [6.07, 6.45) is 5.64. The monoisotopic (exact) mass is 336 g/mol. The third kappa shape index (κ3) is 3.81. The maximum Gasteiger partial charge on any atom is 0.258 e. The molecule has 0 aliphatic heterocycles. The molecule has 0 aromatic heterocycles. The Morgan fingerprint density at radius 1 is 1.35 bits per heavy atom. The molecule has 2 aliphatic carbocycles. The molecule has 0 radical (unpaired) electrons. The van der Waals surface area contributed by atoms with E-state index >= 15 is 0 Å². The van der Waals surface area contributed by atoms with Crippen molar-refractivity contribution in [3.63, 3.8) is 0 Å². The molecule has 1 aromatic carbocycles. The first-order valence-corrected chi connectivity index (χ1v) is 8.85. The van der Waals surface area contributed by atoms with Crippen LogP contribution in [0.5, 0.6) is 5.75 Å². The second-order valence-corrected chi connectivity index (χ2v) is 7.33. The fourth-order valence-corrected chi connectivity index (χ4v) is 4.31. The predicted molar refractivity (Wildman–Crippen MR) is 91.7 cm³/mol. The van der Waals surface area contributed by atoms with E-state index in [0.29, 0.717) is 28.6 Å². The molecule has 2 fully saturated rings. The molecular weight excluding hydrogens is 312 g/mol. The molecule has 0 heterocycles. The van der Waals surface area contributed by atoms with Crippen LogP contribution in [0.2, 0.25) is 5.02 Å². The topological polar surface area (TPSA) is 64.3 Å². The van der Waals surface area contributed by atoms with Gasteiger partial charge >= 0.3 is 0 Å². The molecular formula is C18H25ClN2O2. The van der Waals surface area contributed by atoms with Crippen molar-refractivity contribution >= 4 is 17.5 Å². The van der Waals surface area contributed by atoms with E-state index < -0.39 is 0 Å². The smallest absolute Gasteiger partial charge is 0.258 e. The van der Waals surface area contributed by atoms with Crippen LogP contribution < -0.4 is 15.8 Å². The van der Waals surface area contributed by atoms with E-state index in [4.69, 9.17) is 22.1 Å². The van der Waals surface area contributed by atoms with Gasteiger partial charge in [-0.3, -0.25) is 4.79 Å². The summed E-state index contributed by atoms with van der Waals surface area (Å²) in [6, 6.07) is 6.04. The van der Waals surface area contributed by atoms with Crippen molar-refractivity contribution in [2.45, 2.75) is 51.1 Å². The fraction of sp³-hybridized carbons (Fsp3) is 0.611. The lowest BCUT2D eigenvalue weighted by Crippen LogP contribution is -2.54. The van der Waals surface area contributed by atoms with Crippen molar-refractivity contribution in [1.82, 2.24) is 5.32 Å². The highest BCUT2D eigenvalue weighted by molar-refractivity contribution is 6.31. The first-order chi connectivity index (χ1) is 11.0. The molecule has 2 aliphatic rings. The van der Waals surface area contributed by atoms with Gasteiger partial charge in [-0.25, -0.2) is 0 Å². The summed E-state index contributed by atoms with van der Waals surface area (Å²) in [5.74, 6) is 1.66. The Morgan fingerprint density at radius 3 is 2.74 bits per heavy atom. The van der Waals surface area contributed by atoms with Gasteiger partial charge in [0.1, 0.15) is 5.75 Å². The Hall–Kier alpha value is -1.26. The summed E-state index contributed by atoms with van der Waals surface area (Å²) >= 11 is 6.07. The van der Waals surface area contributed by atoms with Crippen LogP contribution in [0.3, 0.4) is 0 Å². The zero-order valence-corrected chi connectivity index (χ0v) is 14.3. The number of fused-ring (bicyclic) bond motifs is 2. The highest BCUT2D eigenvalue weighted by Crippen LogP contribution is 2.39. The SMILES string of the molecule is Cc1c(Cl)cccc1OCC(=O)NC1C2CCCC1CC(N)C2. The maximum absolute atomic E-state index is 12.3. The van der Waals surface area contributed by atoms with Crippen molar-refractivity contribution in [3.05, 3.63) is 28.8 Å². The van der Waals surface area contributed by atoms with Crippen LogP contribution in [0.1, 0.15) is 37.7 Å². The van der Waals surface area contributed by atoms with Gasteiger partial charge in [0, 0.05) is 22.7 Å². The van der Waals surface area contributed by atoms with Gasteiger partial charge in [0.2, 0.25) is 0 Å². The molecule has 3 N–H and O–H groups in total. The van der Waals surface area contributed by atoms with E-state index in [1.807, 2.05) is 25.1 Å². The van der Waals surface area contributed by atoms with E-state index in [1.165, 1.54) is 19.3 Å². The number of benzene rings is 1. The molecule has 5 heteroatoms. The van der Waals surface area contributed by atoms with Crippen LogP contribution in [-0.4, -0.2) is 24.6 Å². The quantitative estimate of drug-likeness (QED) is 0.888. The number of amides is 1. The molecule has 2 unspecified atom stereocenters. The van der Waals surface area contributed by atoms with E-state index in [2.05, 4.69) is 5.32 Å². The number of hydrogen-bond donors (Lipinski definition) is 2. The highest BCUT2D eigenvalue weighted by atomic mass is 35.5. The lowest BCUT2D eigenvalue weighted by Gasteiger charge is -2.45. The van der Waals surface area contributed by atoms with Gasteiger partial charge in [-0.05, 0) is 56.6 Å². The van der Waals surface area contributed by atoms with Crippen LogP contribution in [-0.2, 0) is 4.79 Å². The van der Waals surface area contributed by atoms with Gasteiger partial charge < -0.3 is 15.8 Å². The summed E-state index contributed by atoms with van der Waals surface area (Å²) in [5, 5.41) is 3.84. The summed E-state index contributed by atoms with van der Waals surface area (Å²) in [6.45, 7) is 1.92. The molecule has 1 aromatic rings. The summed E-state index contributed by atoms with van der Waals surface area (Å²) < 4.78 is 5.64. The first kappa shape index (κ1) is 16.6. The molecule has 126 valence electrons. The van der Waals surface area contributed by atoms with E-state index in [1.54, 1.807) is 0 Å². The predicted octanol–water partition coefficient (Wildman–Crippen LogP) is 3.05. The number of carbonyl (C=O) groups excluding carboxylic acids is 1. The van der Waals surface area contributed by atoms with Crippen molar-refractivity contribution in [1.29, 1.82) is 0 Å². The average molecular weight is 337 g/mol. The second kappa shape index (κ2) is 7.10. The summed E-state index contributed by atoms with van der Waals surface area (Å²) in [7, 11) is 0. The maximum atomic E-state index is 12.3. The van der Waals surface area contributed by atoms with Crippen LogP contribution in [0, 0.1) is 18.8 Å². The number of nitrogens with two attached hydrogens (primary N) is 1. The second-order valence-electron chi connectivity index (χ2n) is 6.93. The molecule has 3 rings (SSSR count). The van der Waals surface area contributed by atoms with Crippen molar-refractivity contribution in [2.75, 3.05) is 6.61 Å². The molecule has 0 saturated heterocycles. The minimum absolute atomic E-state index is 0.0309. The number of nitrogens with one attached hydrogen (secondary N) is 1. The van der Waals surface area contributed by atoms with Gasteiger partial charge in [-0.2, -0.15) is 0 Å². The molecule has 0 spiro atoms. The molecule has 23 heavy (non-hydrogen) atoms. The fourth-order valence-electron chi connectivity index (χ4n) is 4.14. The van der Waals surface area contributed by atoms with Crippen LogP contribution in [0.25, 0.3) is 0 Å². The van der Waals surface area contributed by atoms with E-state index in [0.717, 1.165) is 18.4 Å². The summed E-state index contributed by atoms with van der Waals surface area (Å²) in [5.41, 5.74) is 7.00. The lowest BCUT2D eigenvalue weighted by atomic mass is 9.67. The molecule has 2 atom stereocenters.